The first-order valence-corrected chi connectivity index (χ1v) is 8.91. The largest absolute Gasteiger partial charge is 0.507 e. The second-order valence-electron chi connectivity index (χ2n) is 6.46. The molecule has 1 heterocycles. The first kappa shape index (κ1) is 18.9. The van der Waals surface area contributed by atoms with Crippen molar-refractivity contribution in [2.75, 3.05) is 4.90 Å². The molecule has 1 amide bonds. The van der Waals surface area contributed by atoms with Crippen molar-refractivity contribution in [2.24, 2.45) is 4.99 Å². The van der Waals surface area contributed by atoms with Crippen LogP contribution >= 0.6 is 0 Å². The Hall–Kier alpha value is -4.46. The van der Waals surface area contributed by atoms with Crippen molar-refractivity contribution >= 4 is 29.2 Å². The number of carbonyl (C=O) groups excluding carboxylic acids is 1. The van der Waals surface area contributed by atoms with Crippen molar-refractivity contribution in [1.29, 1.82) is 0 Å². The van der Waals surface area contributed by atoms with Crippen molar-refractivity contribution < 1.29 is 19.9 Å². The van der Waals surface area contributed by atoms with Crippen LogP contribution in [-0.4, -0.2) is 26.9 Å². The number of phenols is 2. The van der Waals surface area contributed by atoms with E-state index in [0.717, 1.165) is 6.07 Å². The van der Waals surface area contributed by atoms with Gasteiger partial charge in [-0.15, -0.1) is 0 Å². The number of amidine groups is 1. The number of anilines is 1. The molecule has 0 radical (unpaired) electrons. The lowest BCUT2D eigenvalue weighted by molar-refractivity contribution is -0.384. The summed E-state index contributed by atoms with van der Waals surface area (Å²) in [7, 11) is 0. The van der Waals surface area contributed by atoms with Crippen LogP contribution in [0.3, 0.4) is 0 Å². The molecular formula is C22H15N3O5. The molecule has 0 unspecified atom stereocenters. The minimum Gasteiger partial charge on any atom is -0.507 e. The van der Waals surface area contributed by atoms with Gasteiger partial charge in [0.25, 0.3) is 11.6 Å². The summed E-state index contributed by atoms with van der Waals surface area (Å²) >= 11 is 0. The molecule has 3 aromatic rings. The summed E-state index contributed by atoms with van der Waals surface area (Å²) in [6.07, 6.45) is 1.45. The van der Waals surface area contributed by atoms with Gasteiger partial charge in [0.15, 0.2) is 0 Å². The maximum Gasteiger partial charge on any atom is 0.282 e. The zero-order valence-corrected chi connectivity index (χ0v) is 15.5. The number of carbonyl (C=O) groups is 1. The van der Waals surface area contributed by atoms with Crippen LogP contribution in [0.1, 0.15) is 11.1 Å². The molecule has 0 bridgehead atoms. The summed E-state index contributed by atoms with van der Waals surface area (Å²) < 4.78 is 0. The van der Waals surface area contributed by atoms with Gasteiger partial charge in [-0.05, 0) is 18.2 Å². The summed E-state index contributed by atoms with van der Waals surface area (Å²) in [6, 6.07) is 18.9. The molecular weight excluding hydrogens is 386 g/mol. The predicted molar refractivity (Wildman–Crippen MR) is 111 cm³/mol. The second-order valence-corrected chi connectivity index (χ2v) is 6.46. The van der Waals surface area contributed by atoms with E-state index in [2.05, 4.69) is 4.99 Å². The van der Waals surface area contributed by atoms with E-state index in [9.17, 15) is 25.1 Å². The summed E-state index contributed by atoms with van der Waals surface area (Å²) in [5.41, 5.74) is 0.837. The van der Waals surface area contributed by atoms with Crippen LogP contribution in [0.25, 0.3) is 6.08 Å². The first-order valence-electron chi connectivity index (χ1n) is 8.91. The molecule has 0 fully saturated rings. The molecule has 2 N–H and O–H groups in total. The van der Waals surface area contributed by atoms with Crippen LogP contribution in [0.5, 0.6) is 11.5 Å². The maximum atomic E-state index is 13.2. The highest BCUT2D eigenvalue weighted by atomic mass is 16.6. The van der Waals surface area contributed by atoms with Crippen LogP contribution in [0.2, 0.25) is 0 Å². The number of aliphatic imine (C=N–C) groups is 1. The number of rotatable bonds is 4. The topological polar surface area (TPSA) is 116 Å². The molecule has 0 saturated heterocycles. The van der Waals surface area contributed by atoms with Crippen molar-refractivity contribution in [2.45, 2.75) is 0 Å². The molecule has 4 rings (SSSR count). The fourth-order valence-electron chi connectivity index (χ4n) is 3.09. The Morgan fingerprint density at radius 2 is 1.63 bits per heavy atom. The number of phenolic OH excluding ortho intramolecular Hbond substituents is 2. The molecule has 8 nitrogen and oxygen atoms in total. The molecule has 148 valence electrons. The Bertz CT molecular complexity index is 1220. The Kier molecular flexibility index (Phi) is 4.73. The second kappa shape index (κ2) is 7.51. The quantitative estimate of drug-likeness (QED) is 0.391. The molecule has 0 aromatic heterocycles. The highest BCUT2D eigenvalue weighted by Crippen LogP contribution is 2.36. The molecule has 1 aliphatic rings. The first-order chi connectivity index (χ1) is 14.5. The minimum absolute atomic E-state index is 0.00843. The number of amides is 1. The molecule has 1 aliphatic heterocycles. The van der Waals surface area contributed by atoms with Gasteiger partial charge in [0, 0.05) is 17.2 Å². The normalized spacial score (nSPS) is 14.8. The number of hydrogen-bond donors (Lipinski definition) is 2. The summed E-state index contributed by atoms with van der Waals surface area (Å²) in [5, 5.41) is 31.4. The van der Waals surface area contributed by atoms with E-state index in [1.165, 1.54) is 29.2 Å². The van der Waals surface area contributed by atoms with Crippen molar-refractivity contribution in [3.8, 4) is 11.5 Å². The van der Waals surface area contributed by atoms with Crippen molar-refractivity contribution in [3.63, 3.8) is 0 Å². The van der Waals surface area contributed by atoms with Crippen molar-refractivity contribution in [3.05, 3.63) is 99.7 Å². The Balaban J connectivity index is 1.85. The van der Waals surface area contributed by atoms with Crippen LogP contribution in [-0.2, 0) is 4.79 Å². The number of benzene rings is 3. The van der Waals surface area contributed by atoms with Gasteiger partial charge >= 0.3 is 0 Å². The van der Waals surface area contributed by atoms with Gasteiger partial charge in [-0.1, -0.05) is 48.5 Å². The highest BCUT2D eigenvalue weighted by Gasteiger charge is 2.34. The van der Waals surface area contributed by atoms with Crippen LogP contribution in [0.4, 0.5) is 11.4 Å². The van der Waals surface area contributed by atoms with Gasteiger partial charge < -0.3 is 10.2 Å². The summed E-state index contributed by atoms with van der Waals surface area (Å²) in [5.74, 6) is -0.719. The zero-order chi connectivity index (χ0) is 21.3. The monoisotopic (exact) mass is 401 g/mol. The van der Waals surface area contributed by atoms with E-state index in [0.29, 0.717) is 11.1 Å². The third-order valence-corrected chi connectivity index (χ3v) is 4.53. The zero-order valence-electron chi connectivity index (χ0n) is 15.5. The van der Waals surface area contributed by atoms with E-state index >= 15 is 0 Å². The van der Waals surface area contributed by atoms with Gasteiger partial charge in [-0.2, -0.15) is 0 Å². The molecule has 0 atom stereocenters. The van der Waals surface area contributed by atoms with Gasteiger partial charge in [0.05, 0.1) is 16.7 Å². The van der Waals surface area contributed by atoms with E-state index < -0.39 is 16.6 Å². The number of nitrogens with zero attached hydrogens (tertiary/aromatic N) is 3. The third kappa shape index (κ3) is 3.37. The number of hydrogen-bond acceptors (Lipinski definition) is 6. The van der Waals surface area contributed by atoms with Gasteiger partial charge in [0.1, 0.15) is 23.0 Å². The molecule has 0 saturated carbocycles. The number of aromatic hydroxyl groups is 2. The molecule has 0 aliphatic carbocycles. The Morgan fingerprint density at radius 3 is 2.30 bits per heavy atom. The van der Waals surface area contributed by atoms with Crippen LogP contribution in [0, 0.1) is 10.1 Å². The van der Waals surface area contributed by atoms with Crippen LogP contribution in [0.15, 0.2) is 83.5 Å². The van der Waals surface area contributed by atoms with Crippen molar-refractivity contribution in [1.82, 2.24) is 0 Å². The van der Waals surface area contributed by atoms with Gasteiger partial charge in [-0.3, -0.25) is 19.8 Å². The van der Waals surface area contributed by atoms with Gasteiger partial charge in [0.2, 0.25) is 0 Å². The molecule has 3 aromatic carbocycles. The lowest BCUT2D eigenvalue weighted by Crippen LogP contribution is -2.32. The Labute approximate surface area is 170 Å². The number of para-hydroxylation sites is 1. The molecule has 8 heteroatoms. The SMILES string of the molecule is O=C1/C(=C\c2ccccc2O)N=C(c2ccccc2)N1c1ccc([N+](=O)[O-])cc1O. The van der Waals surface area contributed by atoms with E-state index in [1.807, 2.05) is 6.07 Å². The number of non-ortho nitro benzene ring substituents is 1. The molecule has 0 spiro atoms. The number of nitro groups is 1. The fraction of sp³-hybridized carbons (Fsp3) is 0. The standard InChI is InChI=1S/C22H15N3O5/c26-19-9-5-4-8-15(19)12-17-22(28)24(21(23-17)14-6-2-1-3-7-14)18-11-10-16(25(29)30)13-20(18)27/h1-13,26-27H/b17-12+. The maximum absolute atomic E-state index is 13.2. The van der Waals surface area contributed by atoms with Gasteiger partial charge in [-0.25, -0.2) is 4.99 Å². The average Bonchev–Trinajstić information content (AvgIpc) is 3.06. The fourth-order valence-corrected chi connectivity index (χ4v) is 3.09. The smallest absolute Gasteiger partial charge is 0.282 e. The third-order valence-electron chi connectivity index (χ3n) is 4.53. The van der Waals surface area contributed by atoms with E-state index in [4.69, 9.17) is 0 Å². The summed E-state index contributed by atoms with van der Waals surface area (Å²) in [4.78, 5) is 29.2. The highest BCUT2D eigenvalue weighted by molar-refractivity contribution is 6.33. The minimum atomic E-state index is -0.634. The number of nitro benzene ring substituents is 1. The Morgan fingerprint density at radius 1 is 0.933 bits per heavy atom. The predicted octanol–water partition coefficient (Wildman–Crippen LogP) is 3.84. The lowest BCUT2D eigenvalue weighted by Gasteiger charge is -2.19. The van der Waals surface area contributed by atoms with E-state index in [-0.39, 0.29) is 28.7 Å². The summed E-state index contributed by atoms with van der Waals surface area (Å²) in [6.45, 7) is 0. The lowest BCUT2D eigenvalue weighted by atomic mass is 10.1. The van der Waals surface area contributed by atoms with E-state index in [1.54, 1.807) is 42.5 Å². The van der Waals surface area contributed by atoms with Crippen LogP contribution < -0.4 is 4.90 Å². The molecule has 30 heavy (non-hydrogen) atoms. The average molecular weight is 401 g/mol.